The van der Waals surface area contributed by atoms with E-state index in [0.29, 0.717) is 24.0 Å². The molecule has 0 aliphatic heterocycles. The van der Waals surface area contributed by atoms with Gasteiger partial charge in [0.1, 0.15) is 5.60 Å². The molecule has 0 spiro atoms. The summed E-state index contributed by atoms with van der Waals surface area (Å²) in [6.45, 7) is 7.75. The van der Waals surface area contributed by atoms with Gasteiger partial charge in [-0.25, -0.2) is 9.78 Å². The predicted octanol–water partition coefficient (Wildman–Crippen LogP) is 3.85. The van der Waals surface area contributed by atoms with Gasteiger partial charge in [-0.15, -0.1) is 10.2 Å². The van der Waals surface area contributed by atoms with E-state index < -0.39 is 11.7 Å². The number of amides is 2. The Balaban J connectivity index is 1.56. The lowest BCUT2D eigenvalue weighted by Gasteiger charge is -2.19. The van der Waals surface area contributed by atoms with Crippen molar-refractivity contribution in [3.05, 3.63) is 42.6 Å². The van der Waals surface area contributed by atoms with Crippen LogP contribution in [0.4, 0.5) is 9.93 Å². The lowest BCUT2D eigenvalue weighted by atomic mass is 10.1. The molecule has 3 heterocycles. The number of benzene rings is 1. The van der Waals surface area contributed by atoms with Crippen molar-refractivity contribution in [3.63, 3.8) is 0 Å². The second-order valence-corrected chi connectivity index (χ2v) is 10.8. The number of carbonyl (C=O) groups excluding carboxylic acids is 2. The maximum Gasteiger partial charge on any atom is 0.407 e. The van der Waals surface area contributed by atoms with Crippen LogP contribution in [-0.2, 0) is 21.8 Å². The molecular weight excluding hydrogens is 488 g/mol. The van der Waals surface area contributed by atoms with Crippen LogP contribution in [0.2, 0.25) is 0 Å². The standard InChI is InChI=1S/C22H26N8O3S2/c1-14(31)26-19-27-28-21(35-19)34-12-15-5-6-17(29-9-7-23-13-29)16-11-25-30(18(15)16)10-8-24-20(32)33-22(2,3)4/h5-7,9,11,13H,8,10,12H2,1-4H3,(H,24,32)(H,26,27,31). The SMILES string of the molecule is CC(=O)Nc1nnc(SCc2ccc(-n3ccnc3)c3cnn(CCNC(=O)OC(C)(C)C)c23)s1. The average Bonchev–Trinajstić information content (AvgIpc) is 3.52. The van der Waals surface area contributed by atoms with E-state index in [4.69, 9.17) is 4.74 Å². The fourth-order valence-corrected chi connectivity index (χ4v) is 5.14. The van der Waals surface area contributed by atoms with Gasteiger partial charge in [-0.2, -0.15) is 5.10 Å². The lowest BCUT2D eigenvalue weighted by Crippen LogP contribution is -2.34. The maximum atomic E-state index is 12.0. The van der Waals surface area contributed by atoms with Gasteiger partial charge in [0.15, 0.2) is 4.34 Å². The van der Waals surface area contributed by atoms with Crippen LogP contribution in [-0.4, -0.2) is 53.7 Å². The van der Waals surface area contributed by atoms with Crippen LogP contribution in [0.5, 0.6) is 0 Å². The maximum absolute atomic E-state index is 12.0. The van der Waals surface area contributed by atoms with Crippen LogP contribution in [0.25, 0.3) is 16.6 Å². The van der Waals surface area contributed by atoms with E-state index in [1.807, 2.05) is 48.5 Å². The molecule has 0 saturated carbocycles. The van der Waals surface area contributed by atoms with Crippen molar-refractivity contribution in [1.82, 2.24) is 34.8 Å². The first-order valence-electron chi connectivity index (χ1n) is 10.9. The smallest absolute Gasteiger partial charge is 0.407 e. The monoisotopic (exact) mass is 514 g/mol. The molecule has 0 saturated heterocycles. The number of rotatable bonds is 8. The number of thioether (sulfide) groups is 1. The van der Waals surface area contributed by atoms with Gasteiger partial charge < -0.3 is 19.9 Å². The van der Waals surface area contributed by atoms with E-state index >= 15 is 0 Å². The number of hydrogen-bond acceptors (Lipinski definition) is 9. The highest BCUT2D eigenvalue weighted by Crippen LogP contribution is 2.32. The topological polar surface area (TPSA) is 129 Å². The van der Waals surface area contributed by atoms with Crippen molar-refractivity contribution in [1.29, 1.82) is 0 Å². The number of alkyl carbamates (subject to hydrolysis) is 1. The van der Waals surface area contributed by atoms with Gasteiger partial charge >= 0.3 is 6.09 Å². The van der Waals surface area contributed by atoms with Gasteiger partial charge in [0.25, 0.3) is 0 Å². The lowest BCUT2D eigenvalue weighted by molar-refractivity contribution is -0.114. The Kier molecular flexibility index (Phi) is 7.36. The number of hydrogen-bond donors (Lipinski definition) is 2. The van der Waals surface area contributed by atoms with E-state index in [-0.39, 0.29) is 5.91 Å². The first-order chi connectivity index (χ1) is 16.7. The van der Waals surface area contributed by atoms with Gasteiger partial charge in [-0.05, 0) is 32.4 Å². The molecule has 1 aromatic carbocycles. The van der Waals surface area contributed by atoms with E-state index in [2.05, 4.69) is 37.0 Å². The fourth-order valence-electron chi connectivity index (χ4n) is 3.36. The highest BCUT2D eigenvalue weighted by Gasteiger charge is 2.17. The summed E-state index contributed by atoms with van der Waals surface area (Å²) in [5, 5.41) is 19.6. The molecule has 0 atom stereocenters. The van der Waals surface area contributed by atoms with E-state index in [1.165, 1.54) is 30.0 Å². The van der Waals surface area contributed by atoms with Gasteiger partial charge in [0.05, 0.1) is 30.3 Å². The summed E-state index contributed by atoms with van der Waals surface area (Å²) in [6.07, 6.45) is 6.72. The molecule has 0 fully saturated rings. The molecule has 13 heteroatoms. The van der Waals surface area contributed by atoms with Crippen molar-refractivity contribution >= 4 is 51.1 Å². The molecule has 0 radical (unpaired) electrons. The van der Waals surface area contributed by atoms with E-state index in [0.717, 1.165) is 26.5 Å². The van der Waals surface area contributed by atoms with Crippen molar-refractivity contribution in [3.8, 4) is 5.69 Å². The molecule has 11 nitrogen and oxygen atoms in total. The summed E-state index contributed by atoms with van der Waals surface area (Å²) in [5.74, 6) is 0.444. The van der Waals surface area contributed by atoms with Gasteiger partial charge in [0.2, 0.25) is 11.0 Å². The highest BCUT2D eigenvalue weighted by atomic mass is 32.2. The first-order valence-corrected chi connectivity index (χ1v) is 12.7. The molecule has 0 aliphatic rings. The summed E-state index contributed by atoms with van der Waals surface area (Å²) < 4.78 is 9.89. The minimum Gasteiger partial charge on any atom is -0.444 e. The summed E-state index contributed by atoms with van der Waals surface area (Å²) in [5.41, 5.74) is 2.42. The summed E-state index contributed by atoms with van der Waals surface area (Å²) in [6, 6.07) is 4.09. The zero-order chi connectivity index (χ0) is 25.0. The van der Waals surface area contributed by atoms with Crippen LogP contribution in [0, 0.1) is 0 Å². The largest absolute Gasteiger partial charge is 0.444 e. The third-order valence-corrected chi connectivity index (χ3v) is 6.70. The van der Waals surface area contributed by atoms with Crippen molar-refractivity contribution in [2.75, 3.05) is 11.9 Å². The Labute approximate surface area is 210 Å². The number of ether oxygens (including phenoxy) is 1. The van der Waals surface area contributed by atoms with Crippen LogP contribution >= 0.6 is 23.1 Å². The fraction of sp³-hybridized carbons (Fsp3) is 0.364. The minimum atomic E-state index is -0.558. The van der Waals surface area contributed by atoms with Crippen molar-refractivity contribution in [2.24, 2.45) is 0 Å². The van der Waals surface area contributed by atoms with Gasteiger partial charge in [0, 0.05) is 37.0 Å². The Hall–Kier alpha value is -3.45. The molecular formula is C22H26N8O3S2. The molecule has 3 aromatic heterocycles. The minimum absolute atomic E-state index is 0.182. The number of carbonyl (C=O) groups is 2. The quantitative estimate of drug-likeness (QED) is 0.268. The Morgan fingerprint density at radius 1 is 1.23 bits per heavy atom. The summed E-state index contributed by atoms with van der Waals surface area (Å²) >= 11 is 2.86. The zero-order valence-corrected chi connectivity index (χ0v) is 21.4. The number of nitrogens with one attached hydrogen (secondary N) is 2. The Bertz CT molecular complexity index is 1320. The third-order valence-electron chi connectivity index (χ3n) is 4.68. The number of fused-ring (bicyclic) bond motifs is 1. The average molecular weight is 515 g/mol. The third kappa shape index (κ3) is 6.36. The molecule has 4 aromatic rings. The molecule has 184 valence electrons. The number of nitrogens with zero attached hydrogens (tertiary/aromatic N) is 6. The Morgan fingerprint density at radius 2 is 2.06 bits per heavy atom. The summed E-state index contributed by atoms with van der Waals surface area (Å²) in [7, 11) is 0. The normalized spacial score (nSPS) is 11.5. The summed E-state index contributed by atoms with van der Waals surface area (Å²) in [4.78, 5) is 27.5. The molecule has 0 bridgehead atoms. The number of anilines is 1. The molecule has 35 heavy (non-hydrogen) atoms. The molecule has 4 rings (SSSR count). The van der Waals surface area contributed by atoms with Crippen molar-refractivity contribution in [2.45, 2.75) is 49.9 Å². The molecule has 2 N–H and O–H groups in total. The van der Waals surface area contributed by atoms with Crippen LogP contribution < -0.4 is 10.6 Å². The van der Waals surface area contributed by atoms with Gasteiger partial charge in [-0.1, -0.05) is 29.2 Å². The zero-order valence-electron chi connectivity index (χ0n) is 19.8. The number of imidazole rings is 1. The van der Waals surface area contributed by atoms with E-state index in [1.54, 1.807) is 12.5 Å². The van der Waals surface area contributed by atoms with Crippen molar-refractivity contribution < 1.29 is 14.3 Å². The van der Waals surface area contributed by atoms with Gasteiger partial charge in [-0.3, -0.25) is 9.48 Å². The number of aromatic nitrogens is 6. The predicted molar refractivity (Wildman–Crippen MR) is 135 cm³/mol. The van der Waals surface area contributed by atoms with Crippen LogP contribution in [0.3, 0.4) is 0 Å². The van der Waals surface area contributed by atoms with E-state index in [9.17, 15) is 9.59 Å². The second-order valence-electron chi connectivity index (χ2n) is 8.62. The molecule has 0 unspecified atom stereocenters. The Morgan fingerprint density at radius 3 is 2.77 bits per heavy atom. The highest BCUT2D eigenvalue weighted by molar-refractivity contribution is 8.00. The second kappa shape index (κ2) is 10.4. The molecule has 0 aliphatic carbocycles. The first kappa shape index (κ1) is 24.7. The van der Waals surface area contributed by atoms with Crippen LogP contribution in [0.15, 0.2) is 41.4 Å². The molecule has 2 amide bonds. The van der Waals surface area contributed by atoms with Crippen LogP contribution in [0.1, 0.15) is 33.3 Å².